The smallest absolute Gasteiger partial charge is 0.416 e. The summed E-state index contributed by atoms with van der Waals surface area (Å²) in [6.07, 6.45) is -4.76. The van der Waals surface area contributed by atoms with Gasteiger partial charge in [-0.25, -0.2) is 4.79 Å². The van der Waals surface area contributed by atoms with Crippen LogP contribution in [0.3, 0.4) is 0 Å². The number of alkyl halides is 3. The minimum atomic E-state index is -4.60. The summed E-state index contributed by atoms with van der Waals surface area (Å²) in [7, 11) is 2.73. The minimum Gasteiger partial charge on any atom is -0.461 e. The van der Waals surface area contributed by atoms with Crippen molar-refractivity contribution in [1.82, 2.24) is 20.4 Å². The zero-order valence-electron chi connectivity index (χ0n) is 28.3. The predicted molar refractivity (Wildman–Crippen MR) is 167 cm³/mol. The van der Waals surface area contributed by atoms with Gasteiger partial charge in [-0.1, -0.05) is 24.8 Å². The Labute approximate surface area is 273 Å². The number of carbonyl (C=O) groups is 5. The predicted octanol–water partition coefficient (Wildman–Crippen LogP) is 3.48. The largest absolute Gasteiger partial charge is 0.461 e. The zero-order valence-corrected chi connectivity index (χ0v) is 28.3. The highest BCUT2D eigenvalue weighted by atomic mass is 19.4. The first-order valence-electron chi connectivity index (χ1n) is 14.9. The quantitative estimate of drug-likeness (QED) is 0.163. The highest BCUT2D eigenvalue weighted by molar-refractivity contribution is 5.93. The van der Waals surface area contributed by atoms with Crippen molar-refractivity contribution in [1.29, 1.82) is 0 Å². The van der Waals surface area contributed by atoms with Crippen LogP contribution in [-0.4, -0.2) is 103 Å². The van der Waals surface area contributed by atoms with Crippen molar-refractivity contribution >= 4 is 29.8 Å². The van der Waals surface area contributed by atoms with E-state index in [1.165, 1.54) is 32.3 Å². The summed E-state index contributed by atoms with van der Waals surface area (Å²) < 4.78 is 55.4. The first kappa shape index (κ1) is 40.9. The Hall–Kier alpha value is -4.14. The van der Waals surface area contributed by atoms with Crippen LogP contribution in [0, 0.1) is 0 Å². The number of hydrogen-bond donors (Lipinski definition) is 2. The molecule has 0 fully saturated rings. The summed E-state index contributed by atoms with van der Waals surface area (Å²) in [5.41, 5.74) is -2.32. The topological polar surface area (TPSA) is 144 Å². The second-order valence-corrected chi connectivity index (χ2v) is 12.7. The van der Waals surface area contributed by atoms with Crippen molar-refractivity contribution < 1.29 is 51.4 Å². The van der Waals surface area contributed by atoms with E-state index in [-0.39, 0.29) is 31.7 Å². The molecule has 12 nitrogen and oxygen atoms in total. The summed E-state index contributed by atoms with van der Waals surface area (Å²) in [5, 5.41) is 5.25. The van der Waals surface area contributed by atoms with Gasteiger partial charge in [0.1, 0.15) is 30.4 Å². The number of ether oxygens (including phenoxy) is 3. The van der Waals surface area contributed by atoms with Crippen LogP contribution < -0.4 is 10.6 Å². The van der Waals surface area contributed by atoms with Gasteiger partial charge < -0.3 is 34.6 Å². The first-order valence-corrected chi connectivity index (χ1v) is 14.9. The molecule has 0 aliphatic heterocycles. The van der Waals surface area contributed by atoms with Crippen molar-refractivity contribution in [2.45, 2.75) is 83.8 Å². The Morgan fingerprint density at radius 3 is 1.98 bits per heavy atom. The Bertz CT molecular complexity index is 1240. The lowest BCUT2D eigenvalue weighted by atomic mass is 10.00. The van der Waals surface area contributed by atoms with Gasteiger partial charge in [0.2, 0.25) is 11.8 Å². The molecule has 0 bridgehead atoms. The molecule has 15 heteroatoms. The summed E-state index contributed by atoms with van der Waals surface area (Å²) >= 11 is 0. The molecule has 2 N–H and O–H groups in total. The van der Waals surface area contributed by atoms with E-state index in [9.17, 15) is 37.1 Å². The van der Waals surface area contributed by atoms with Crippen LogP contribution in [0.15, 0.2) is 36.9 Å². The molecule has 0 heterocycles. The van der Waals surface area contributed by atoms with Crippen molar-refractivity contribution in [3.8, 4) is 0 Å². The summed E-state index contributed by atoms with van der Waals surface area (Å²) in [6, 6.07) is 1.47. The van der Waals surface area contributed by atoms with Crippen LogP contribution >= 0.6 is 0 Å². The molecule has 264 valence electrons. The zero-order chi connectivity index (χ0) is 36.2. The molecule has 0 aliphatic carbocycles. The van der Waals surface area contributed by atoms with Crippen LogP contribution in [-0.2, 0) is 46.0 Å². The van der Waals surface area contributed by atoms with Crippen molar-refractivity contribution in [2.24, 2.45) is 0 Å². The molecule has 1 aromatic carbocycles. The van der Waals surface area contributed by atoms with E-state index >= 15 is 0 Å². The number of rotatable bonds is 15. The molecule has 1 rings (SSSR count). The number of esters is 2. The van der Waals surface area contributed by atoms with Crippen LogP contribution in [0.2, 0.25) is 0 Å². The van der Waals surface area contributed by atoms with E-state index in [1.807, 2.05) is 0 Å². The van der Waals surface area contributed by atoms with Gasteiger partial charge in [-0.15, -0.1) is 0 Å². The Morgan fingerprint density at radius 1 is 0.915 bits per heavy atom. The number of nitrogens with one attached hydrogen (secondary N) is 2. The van der Waals surface area contributed by atoms with E-state index in [1.54, 1.807) is 41.5 Å². The number of nitrogens with zero attached hydrogens (tertiary/aromatic N) is 2. The van der Waals surface area contributed by atoms with Gasteiger partial charge in [0.15, 0.2) is 0 Å². The summed E-state index contributed by atoms with van der Waals surface area (Å²) in [5.74, 6) is -2.96. The molecule has 0 unspecified atom stereocenters. The van der Waals surface area contributed by atoms with Gasteiger partial charge in [0, 0.05) is 26.6 Å². The number of halogens is 3. The minimum absolute atomic E-state index is 0.0997. The highest BCUT2D eigenvalue weighted by Crippen LogP contribution is 2.29. The van der Waals surface area contributed by atoms with E-state index in [4.69, 9.17) is 14.2 Å². The summed E-state index contributed by atoms with van der Waals surface area (Å²) in [6.45, 7) is 12.3. The number of amides is 3. The monoisotopic (exact) mass is 672 g/mol. The lowest BCUT2D eigenvalue weighted by Gasteiger charge is -2.36. The molecule has 0 aromatic heterocycles. The molecule has 1 aromatic rings. The molecular formula is C32H47F3N4O8. The first-order chi connectivity index (χ1) is 21.6. The van der Waals surface area contributed by atoms with Gasteiger partial charge >= 0.3 is 24.2 Å². The number of carbonyl (C=O) groups excluding carboxylic acids is 5. The van der Waals surface area contributed by atoms with Crippen molar-refractivity contribution in [2.75, 3.05) is 40.3 Å². The molecule has 2 atom stereocenters. The van der Waals surface area contributed by atoms with Gasteiger partial charge in [-0.3, -0.25) is 19.2 Å². The maximum absolute atomic E-state index is 14.0. The molecule has 0 saturated heterocycles. The molecule has 0 radical (unpaired) electrons. The third-order valence-corrected chi connectivity index (χ3v) is 6.22. The Morgan fingerprint density at radius 2 is 1.49 bits per heavy atom. The molecule has 0 saturated carbocycles. The van der Waals surface area contributed by atoms with Crippen LogP contribution in [0.4, 0.5) is 18.0 Å². The summed E-state index contributed by atoms with van der Waals surface area (Å²) in [4.78, 5) is 67.5. The number of likely N-dealkylation sites (N-methyl/N-ethyl adjacent to an activating group) is 2. The Kier molecular flexibility index (Phi) is 15.4. The molecule has 3 amide bonds. The molecule has 47 heavy (non-hydrogen) atoms. The SMILES string of the molecule is C=CCOC(=O)C[C@H](NC)C(=O)N(CCNC(=O)OC(C)(C)C)[C@@H](Cc1ccc(C(F)(F)F)cc1)C(=O)N(C)CC(=O)OC(C)(C)C. The third-order valence-electron chi connectivity index (χ3n) is 6.22. The van der Waals surface area contributed by atoms with Crippen LogP contribution in [0.1, 0.15) is 59.1 Å². The van der Waals surface area contributed by atoms with Crippen LogP contribution in [0.25, 0.3) is 0 Å². The lowest BCUT2D eigenvalue weighted by Crippen LogP contribution is -2.58. The second-order valence-electron chi connectivity index (χ2n) is 12.7. The normalized spacial score (nSPS) is 13.1. The third kappa shape index (κ3) is 15.3. The van der Waals surface area contributed by atoms with E-state index in [2.05, 4.69) is 17.2 Å². The van der Waals surface area contributed by atoms with E-state index in [0.29, 0.717) is 0 Å². The van der Waals surface area contributed by atoms with Gasteiger partial charge in [0.05, 0.1) is 18.0 Å². The number of alkyl carbamates (subject to hydrolysis) is 1. The fraction of sp³-hybridized carbons (Fsp3) is 0.594. The lowest BCUT2D eigenvalue weighted by molar-refractivity contribution is -0.160. The van der Waals surface area contributed by atoms with Crippen molar-refractivity contribution in [3.63, 3.8) is 0 Å². The maximum atomic E-state index is 14.0. The second kappa shape index (κ2) is 17.7. The van der Waals surface area contributed by atoms with Gasteiger partial charge in [0.25, 0.3) is 0 Å². The fourth-order valence-electron chi connectivity index (χ4n) is 4.19. The average molecular weight is 673 g/mol. The van der Waals surface area contributed by atoms with Gasteiger partial charge in [-0.05, 0) is 66.3 Å². The molecular weight excluding hydrogens is 625 g/mol. The van der Waals surface area contributed by atoms with Crippen molar-refractivity contribution in [3.05, 3.63) is 48.0 Å². The van der Waals surface area contributed by atoms with Crippen LogP contribution in [0.5, 0.6) is 0 Å². The van der Waals surface area contributed by atoms with E-state index < -0.39 is 77.8 Å². The standard InChI is InChI=1S/C32H47F3N4O8/c1-10-17-45-25(40)19-23(36-8)27(42)39(16-15-37-29(44)47-31(5,6)7)24(18-21-11-13-22(14-12-21)32(33,34)35)28(43)38(9)20-26(41)46-30(2,3)4/h10-14,23-24,36H,1,15-20H2,2-9H3,(H,37,44)/t23-,24-/m0/s1. The van der Waals surface area contributed by atoms with Gasteiger partial charge in [-0.2, -0.15) is 13.2 Å². The number of hydrogen-bond acceptors (Lipinski definition) is 9. The maximum Gasteiger partial charge on any atom is 0.416 e. The van der Waals surface area contributed by atoms with E-state index in [0.717, 1.165) is 21.9 Å². The molecule has 0 aliphatic rings. The molecule has 0 spiro atoms. The fourth-order valence-corrected chi connectivity index (χ4v) is 4.19. The highest BCUT2D eigenvalue weighted by Gasteiger charge is 2.37. The number of benzene rings is 1. The average Bonchev–Trinajstić information content (AvgIpc) is 2.93. The Balaban J connectivity index is 3.57.